The van der Waals surface area contributed by atoms with Gasteiger partial charge in [0, 0.05) is 16.8 Å². The van der Waals surface area contributed by atoms with Crippen LogP contribution in [0.1, 0.15) is 28.4 Å². The first-order valence-corrected chi connectivity index (χ1v) is 5.72. The number of nitrogens with zero attached hydrogens (tertiary/aromatic N) is 3. The van der Waals surface area contributed by atoms with E-state index in [4.69, 9.17) is 5.73 Å². The standard InChI is InChI=1S/C10H14N4S/c1-3-7-4-5-9(15-7)10(11)8-6-12-13-14(8)2/h4-6,10H,3,11H2,1-2H3. The molecule has 2 N–H and O–H groups in total. The summed E-state index contributed by atoms with van der Waals surface area (Å²) in [5, 5.41) is 7.71. The van der Waals surface area contributed by atoms with Crippen molar-refractivity contribution in [3.63, 3.8) is 0 Å². The normalized spacial score (nSPS) is 13.0. The third kappa shape index (κ3) is 1.93. The van der Waals surface area contributed by atoms with E-state index in [0.29, 0.717) is 0 Å². The summed E-state index contributed by atoms with van der Waals surface area (Å²) in [7, 11) is 1.86. The van der Waals surface area contributed by atoms with Gasteiger partial charge in [0.1, 0.15) is 0 Å². The Morgan fingerprint density at radius 3 is 2.87 bits per heavy atom. The highest BCUT2D eigenvalue weighted by Gasteiger charge is 2.14. The second kappa shape index (κ2) is 4.12. The monoisotopic (exact) mass is 222 g/mol. The van der Waals surface area contributed by atoms with Crippen LogP contribution in [-0.4, -0.2) is 15.0 Å². The lowest BCUT2D eigenvalue weighted by Crippen LogP contribution is -2.14. The second-order valence-electron chi connectivity index (χ2n) is 3.42. The van der Waals surface area contributed by atoms with Crippen molar-refractivity contribution >= 4 is 11.3 Å². The molecular formula is C10H14N4S. The predicted octanol–water partition coefficient (Wildman–Crippen LogP) is 1.49. The maximum absolute atomic E-state index is 6.14. The Bertz CT molecular complexity index is 446. The van der Waals surface area contributed by atoms with Gasteiger partial charge in [0.2, 0.25) is 0 Å². The van der Waals surface area contributed by atoms with Gasteiger partial charge in [-0.2, -0.15) is 0 Å². The van der Waals surface area contributed by atoms with Gasteiger partial charge >= 0.3 is 0 Å². The minimum Gasteiger partial charge on any atom is -0.318 e. The van der Waals surface area contributed by atoms with E-state index in [1.54, 1.807) is 22.2 Å². The molecule has 0 saturated heterocycles. The molecular weight excluding hydrogens is 208 g/mol. The Kier molecular flexibility index (Phi) is 2.83. The van der Waals surface area contributed by atoms with E-state index in [9.17, 15) is 0 Å². The van der Waals surface area contributed by atoms with E-state index in [-0.39, 0.29) is 6.04 Å². The van der Waals surface area contributed by atoms with Crippen LogP contribution in [0.25, 0.3) is 0 Å². The molecule has 0 saturated carbocycles. The largest absolute Gasteiger partial charge is 0.318 e. The summed E-state index contributed by atoms with van der Waals surface area (Å²) in [5.74, 6) is 0. The quantitative estimate of drug-likeness (QED) is 0.856. The first-order valence-electron chi connectivity index (χ1n) is 4.91. The second-order valence-corrected chi connectivity index (χ2v) is 4.62. The Labute approximate surface area is 92.7 Å². The SMILES string of the molecule is CCc1ccc(C(N)c2cnnn2C)s1. The van der Waals surface area contributed by atoms with Gasteiger partial charge in [0.15, 0.2) is 0 Å². The molecule has 2 heterocycles. The molecule has 5 heteroatoms. The van der Waals surface area contributed by atoms with Crippen molar-refractivity contribution in [1.29, 1.82) is 0 Å². The van der Waals surface area contributed by atoms with Crippen LogP contribution < -0.4 is 5.73 Å². The molecule has 0 spiro atoms. The molecule has 15 heavy (non-hydrogen) atoms. The van der Waals surface area contributed by atoms with Gasteiger partial charge in [-0.05, 0) is 18.6 Å². The Morgan fingerprint density at radius 1 is 1.53 bits per heavy atom. The zero-order chi connectivity index (χ0) is 10.8. The fraction of sp³-hybridized carbons (Fsp3) is 0.400. The third-order valence-corrected chi connectivity index (χ3v) is 3.72. The molecule has 0 aliphatic carbocycles. The van der Waals surface area contributed by atoms with Crippen LogP contribution in [0.4, 0.5) is 0 Å². The molecule has 0 radical (unpaired) electrons. The van der Waals surface area contributed by atoms with Crippen molar-refractivity contribution in [2.45, 2.75) is 19.4 Å². The highest BCUT2D eigenvalue weighted by Crippen LogP contribution is 2.26. The summed E-state index contributed by atoms with van der Waals surface area (Å²) in [6, 6.07) is 4.10. The summed E-state index contributed by atoms with van der Waals surface area (Å²) in [6.45, 7) is 2.15. The zero-order valence-corrected chi connectivity index (χ0v) is 9.66. The molecule has 0 fully saturated rings. The van der Waals surface area contributed by atoms with Crippen molar-refractivity contribution < 1.29 is 0 Å². The number of aryl methyl sites for hydroxylation is 2. The number of nitrogens with two attached hydrogens (primary N) is 1. The van der Waals surface area contributed by atoms with E-state index in [1.165, 1.54) is 4.88 Å². The highest BCUT2D eigenvalue weighted by atomic mass is 32.1. The average Bonchev–Trinajstić information content (AvgIpc) is 2.84. The third-order valence-electron chi connectivity index (χ3n) is 2.41. The first kappa shape index (κ1) is 10.3. The Balaban J connectivity index is 2.28. The molecule has 1 unspecified atom stereocenters. The van der Waals surface area contributed by atoms with E-state index in [1.807, 2.05) is 7.05 Å². The lowest BCUT2D eigenvalue weighted by Gasteiger charge is -2.08. The lowest BCUT2D eigenvalue weighted by molar-refractivity contribution is 0.654. The molecule has 0 aromatic carbocycles. The smallest absolute Gasteiger partial charge is 0.0833 e. The van der Waals surface area contributed by atoms with Crippen LogP contribution in [0.3, 0.4) is 0 Å². The van der Waals surface area contributed by atoms with Gasteiger partial charge in [-0.3, -0.25) is 4.68 Å². The molecule has 2 rings (SSSR count). The molecule has 2 aromatic rings. The fourth-order valence-electron chi connectivity index (χ4n) is 1.48. The highest BCUT2D eigenvalue weighted by molar-refractivity contribution is 7.12. The zero-order valence-electron chi connectivity index (χ0n) is 8.84. The molecule has 80 valence electrons. The number of rotatable bonds is 3. The molecule has 1 atom stereocenters. The van der Waals surface area contributed by atoms with Crippen LogP contribution >= 0.6 is 11.3 Å². The van der Waals surface area contributed by atoms with Gasteiger partial charge in [-0.15, -0.1) is 16.4 Å². The minimum absolute atomic E-state index is 0.115. The number of aromatic nitrogens is 3. The van der Waals surface area contributed by atoms with Gasteiger partial charge in [-0.1, -0.05) is 12.1 Å². The summed E-state index contributed by atoms with van der Waals surface area (Å²) < 4.78 is 1.72. The summed E-state index contributed by atoms with van der Waals surface area (Å²) in [5.41, 5.74) is 7.08. The van der Waals surface area contributed by atoms with Crippen molar-refractivity contribution in [1.82, 2.24) is 15.0 Å². The van der Waals surface area contributed by atoms with E-state index >= 15 is 0 Å². The van der Waals surface area contributed by atoms with Crippen LogP contribution in [-0.2, 0) is 13.5 Å². The van der Waals surface area contributed by atoms with Gasteiger partial charge in [-0.25, -0.2) is 0 Å². The van der Waals surface area contributed by atoms with Crippen molar-refractivity contribution in [2.75, 3.05) is 0 Å². The fourth-order valence-corrected chi connectivity index (χ4v) is 2.44. The van der Waals surface area contributed by atoms with Crippen LogP contribution in [0, 0.1) is 0 Å². The topological polar surface area (TPSA) is 56.7 Å². The maximum atomic E-state index is 6.14. The Morgan fingerprint density at radius 2 is 2.33 bits per heavy atom. The summed E-state index contributed by atoms with van der Waals surface area (Å²) in [6.07, 6.45) is 2.77. The van der Waals surface area contributed by atoms with E-state index in [2.05, 4.69) is 29.4 Å². The lowest BCUT2D eigenvalue weighted by atomic mass is 10.2. The molecule has 4 nitrogen and oxygen atoms in total. The van der Waals surface area contributed by atoms with Gasteiger partial charge in [0.25, 0.3) is 0 Å². The maximum Gasteiger partial charge on any atom is 0.0833 e. The molecule has 0 aliphatic rings. The van der Waals surface area contributed by atoms with Crippen LogP contribution in [0.2, 0.25) is 0 Å². The Hall–Kier alpha value is -1.20. The number of hydrogen-bond acceptors (Lipinski definition) is 4. The van der Waals surface area contributed by atoms with E-state index < -0.39 is 0 Å². The first-order chi connectivity index (χ1) is 7.22. The molecule has 0 bridgehead atoms. The number of thiophene rings is 1. The molecule has 2 aromatic heterocycles. The van der Waals surface area contributed by atoms with E-state index in [0.717, 1.165) is 17.0 Å². The molecule has 0 aliphatic heterocycles. The van der Waals surface area contributed by atoms with Gasteiger partial charge < -0.3 is 5.73 Å². The molecule has 0 amide bonds. The van der Waals surface area contributed by atoms with Crippen LogP contribution in [0.5, 0.6) is 0 Å². The number of hydrogen-bond donors (Lipinski definition) is 1. The van der Waals surface area contributed by atoms with Crippen LogP contribution in [0.15, 0.2) is 18.3 Å². The summed E-state index contributed by atoms with van der Waals surface area (Å²) >= 11 is 1.75. The average molecular weight is 222 g/mol. The van der Waals surface area contributed by atoms with Crippen molar-refractivity contribution in [3.8, 4) is 0 Å². The van der Waals surface area contributed by atoms with Crippen molar-refractivity contribution in [2.24, 2.45) is 12.8 Å². The van der Waals surface area contributed by atoms with Crippen molar-refractivity contribution in [3.05, 3.63) is 33.8 Å². The summed E-state index contributed by atoms with van der Waals surface area (Å²) in [4.78, 5) is 2.52. The predicted molar refractivity (Wildman–Crippen MR) is 60.7 cm³/mol. The minimum atomic E-state index is -0.115. The van der Waals surface area contributed by atoms with Gasteiger partial charge in [0.05, 0.1) is 17.9 Å².